The molecule has 8 heteroatoms. The molecule has 4 rings (SSSR count). The lowest BCUT2D eigenvalue weighted by Crippen LogP contribution is -2.50. The number of hydrogen-bond donors (Lipinski definition) is 0. The van der Waals surface area contributed by atoms with Crippen LogP contribution in [0.3, 0.4) is 0 Å². The number of amides is 1. The maximum atomic E-state index is 12.5. The Labute approximate surface area is 172 Å². The molecule has 0 radical (unpaired) electrons. The van der Waals surface area contributed by atoms with Crippen molar-refractivity contribution in [3.63, 3.8) is 0 Å². The van der Waals surface area contributed by atoms with E-state index in [0.29, 0.717) is 23.9 Å². The topological polar surface area (TPSA) is 58.6 Å². The van der Waals surface area contributed by atoms with Gasteiger partial charge in [-0.15, -0.1) is 11.3 Å². The summed E-state index contributed by atoms with van der Waals surface area (Å²) < 4.78 is 5.58. The van der Waals surface area contributed by atoms with Crippen molar-refractivity contribution in [3.05, 3.63) is 46.6 Å². The zero-order valence-electron chi connectivity index (χ0n) is 15.6. The zero-order valence-corrected chi connectivity index (χ0v) is 17.2. The van der Waals surface area contributed by atoms with Gasteiger partial charge in [0.05, 0.1) is 10.4 Å². The summed E-state index contributed by atoms with van der Waals surface area (Å²) in [5.41, 5.74) is 0. The van der Waals surface area contributed by atoms with E-state index in [-0.39, 0.29) is 12.5 Å². The molecule has 0 aliphatic carbocycles. The quantitative estimate of drug-likeness (QED) is 0.635. The van der Waals surface area contributed by atoms with E-state index in [0.717, 1.165) is 35.5 Å². The van der Waals surface area contributed by atoms with Gasteiger partial charge < -0.3 is 14.5 Å². The number of fused-ring (bicyclic) bond motifs is 1. The number of thiophene rings is 1. The fourth-order valence-corrected chi connectivity index (χ4v) is 4.40. The number of halogens is 1. The predicted molar refractivity (Wildman–Crippen MR) is 113 cm³/mol. The number of ether oxygens (including phenoxy) is 1. The Morgan fingerprint density at radius 3 is 2.75 bits per heavy atom. The normalized spacial score (nSPS) is 14.5. The Kier molecular flexibility index (Phi) is 5.64. The van der Waals surface area contributed by atoms with Crippen LogP contribution in [0.1, 0.15) is 11.8 Å². The third kappa shape index (κ3) is 3.91. The van der Waals surface area contributed by atoms with Crippen LogP contribution in [0.4, 0.5) is 5.82 Å². The number of aromatic nitrogens is 2. The number of carbonyl (C=O) groups excluding carboxylic acids is 1. The third-order valence-electron chi connectivity index (χ3n) is 4.83. The van der Waals surface area contributed by atoms with Crippen LogP contribution in [-0.4, -0.2) is 53.6 Å². The molecule has 3 heterocycles. The number of aryl methyl sites for hydroxylation is 1. The summed E-state index contributed by atoms with van der Waals surface area (Å²) in [5.74, 6) is 1.46. The molecule has 1 aliphatic rings. The van der Waals surface area contributed by atoms with Crippen LogP contribution in [0.25, 0.3) is 10.2 Å². The van der Waals surface area contributed by atoms with Gasteiger partial charge in [-0.25, -0.2) is 9.97 Å². The minimum absolute atomic E-state index is 0.00806. The average molecular weight is 417 g/mol. The molecule has 0 spiro atoms. The SMILES string of the molecule is CCc1cc2c(N3CCN(C(=O)COc4ccccc4Cl)CC3)ncnc2s1. The molecule has 28 heavy (non-hydrogen) atoms. The highest BCUT2D eigenvalue weighted by Gasteiger charge is 2.24. The van der Waals surface area contributed by atoms with Crippen LogP contribution in [-0.2, 0) is 11.2 Å². The number of anilines is 1. The second-order valence-corrected chi connectivity index (χ2v) is 8.09. The van der Waals surface area contributed by atoms with E-state index in [2.05, 4.69) is 27.9 Å². The first-order chi connectivity index (χ1) is 13.7. The van der Waals surface area contributed by atoms with Gasteiger partial charge in [0.1, 0.15) is 22.7 Å². The lowest BCUT2D eigenvalue weighted by molar-refractivity contribution is -0.133. The number of benzene rings is 1. The number of carbonyl (C=O) groups is 1. The van der Waals surface area contributed by atoms with Gasteiger partial charge >= 0.3 is 0 Å². The summed E-state index contributed by atoms with van der Waals surface area (Å²) in [7, 11) is 0. The van der Waals surface area contributed by atoms with Gasteiger partial charge in [0.15, 0.2) is 6.61 Å². The Morgan fingerprint density at radius 1 is 1.21 bits per heavy atom. The molecule has 0 saturated carbocycles. The average Bonchev–Trinajstić information content (AvgIpc) is 3.16. The molecule has 146 valence electrons. The molecule has 2 aromatic heterocycles. The van der Waals surface area contributed by atoms with E-state index >= 15 is 0 Å². The monoisotopic (exact) mass is 416 g/mol. The molecular formula is C20H21ClN4O2S. The van der Waals surface area contributed by atoms with Crippen LogP contribution in [0.2, 0.25) is 5.02 Å². The number of nitrogens with zero attached hydrogens (tertiary/aromatic N) is 4. The summed E-state index contributed by atoms with van der Waals surface area (Å²) in [6.45, 7) is 4.89. The van der Waals surface area contributed by atoms with E-state index in [1.54, 1.807) is 29.8 Å². The zero-order chi connectivity index (χ0) is 19.5. The highest BCUT2D eigenvalue weighted by atomic mass is 35.5. The molecule has 1 amide bonds. The van der Waals surface area contributed by atoms with Gasteiger partial charge in [0, 0.05) is 31.1 Å². The molecule has 0 atom stereocenters. The molecule has 0 bridgehead atoms. The molecule has 6 nitrogen and oxygen atoms in total. The molecular weight excluding hydrogens is 396 g/mol. The maximum absolute atomic E-state index is 12.5. The van der Waals surface area contributed by atoms with Crippen molar-refractivity contribution in [1.29, 1.82) is 0 Å². The third-order valence-corrected chi connectivity index (χ3v) is 6.33. The molecule has 3 aromatic rings. The molecule has 1 aliphatic heterocycles. The summed E-state index contributed by atoms with van der Waals surface area (Å²) >= 11 is 7.79. The fraction of sp³-hybridized carbons (Fsp3) is 0.350. The highest BCUT2D eigenvalue weighted by molar-refractivity contribution is 7.18. The summed E-state index contributed by atoms with van der Waals surface area (Å²) in [6, 6.07) is 9.36. The van der Waals surface area contributed by atoms with Gasteiger partial charge in [-0.1, -0.05) is 30.7 Å². The molecule has 0 N–H and O–H groups in total. The van der Waals surface area contributed by atoms with Crippen molar-refractivity contribution in [2.45, 2.75) is 13.3 Å². The number of rotatable bonds is 5. The lowest BCUT2D eigenvalue weighted by atomic mass is 10.2. The summed E-state index contributed by atoms with van der Waals surface area (Å²) in [5, 5.41) is 1.61. The van der Waals surface area contributed by atoms with Crippen LogP contribution in [0, 0.1) is 0 Å². The molecule has 1 saturated heterocycles. The van der Waals surface area contributed by atoms with Crippen molar-refractivity contribution < 1.29 is 9.53 Å². The Balaban J connectivity index is 1.37. The first-order valence-electron chi connectivity index (χ1n) is 9.29. The first kappa shape index (κ1) is 19.0. The first-order valence-corrected chi connectivity index (χ1v) is 10.5. The van der Waals surface area contributed by atoms with Gasteiger partial charge in [-0.3, -0.25) is 4.79 Å². The van der Waals surface area contributed by atoms with E-state index in [9.17, 15) is 4.79 Å². The number of piperazine rings is 1. The van der Waals surface area contributed by atoms with Crippen LogP contribution in [0.5, 0.6) is 5.75 Å². The van der Waals surface area contributed by atoms with E-state index in [1.165, 1.54) is 4.88 Å². The van der Waals surface area contributed by atoms with Gasteiger partial charge in [-0.05, 0) is 24.6 Å². The second kappa shape index (κ2) is 8.32. The van der Waals surface area contributed by atoms with E-state index < -0.39 is 0 Å². The van der Waals surface area contributed by atoms with Crippen molar-refractivity contribution in [3.8, 4) is 5.75 Å². The lowest BCUT2D eigenvalue weighted by Gasteiger charge is -2.35. The minimum Gasteiger partial charge on any atom is -0.482 e. The standard InChI is InChI=1S/C20H21ClN4O2S/c1-2-14-11-15-19(22-13-23-20(15)28-14)25-9-7-24(8-10-25)18(26)12-27-17-6-4-3-5-16(17)21/h3-6,11,13H,2,7-10,12H2,1H3. The number of para-hydroxylation sites is 1. The van der Waals surface area contributed by atoms with Gasteiger partial charge in [0.2, 0.25) is 0 Å². The molecule has 0 unspecified atom stereocenters. The summed E-state index contributed by atoms with van der Waals surface area (Å²) in [6.07, 6.45) is 2.62. The van der Waals surface area contributed by atoms with Crippen LogP contribution < -0.4 is 9.64 Å². The minimum atomic E-state index is -0.0313. The Bertz CT molecular complexity index is 985. The Morgan fingerprint density at radius 2 is 2.00 bits per heavy atom. The maximum Gasteiger partial charge on any atom is 0.260 e. The fourth-order valence-electron chi connectivity index (χ4n) is 3.28. The van der Waals surface area contributed by atoms with E-state index in [4.69, 9.17) is 16.3 Å². The van der Waals surface area contributed by atoms with Crippen molar-refractivity contribution in [1.82, 2.24) is 14.9 Å². The van der Waals surface area contributed by atoms with Gasteiger partial charge in [0.25, 0.3) is 5.91 Å². The van der Waals surface area contributed by atoms with Crippen molar-refractivity contribution >= 4 is 44.9 Å². The van der Waals surface area contributed by atoms with Gasteiger partial charge in [-0.2, -0.15) is 0 Å². The smallest absolute Gasteiger partial charge is 0.260 e. The van der Waals surface area contributed by atoms with Crippen LogP contribution in [0.15, 0.2) is 36.7 Å². The molecule has 1 aromatic carbocycles. The van der Waals surface area contributed by atoms with Crippen LogP contribution >= 0.6 is 22.9 Å². The second-order valence-electron chi connectivity index (χ2n) is 6.57. The van der Waals surface area contributed by atoms with E-state index in [1.807, 2.05) is 17.0 Å². The molecule has 1 fully saturated rings. The summed E-state index contributed by atoms with van der Waals surface area (Å²) in [4.78, 5) is 27.8. The predicted octanol–water partition coefficient (Wildman–Crippen LogP) is 3.63. The Hall–Kier alpha value is -2.38. The van der Waals surface area contributed by atoms with Crippen molar-refractivity contribution in [2.75, 3.05) is 37.7 Å². The number of hydrogen-bond acceptors (Lipinski definition) is 6. The van der Waals surface area contributed by atoms with Crippen molar-refractivity contribution in [2.24, 2.45) is 0 Å². The largest absolute Gasteiger partial charge is 0.482 e. The highest BCUT2D eigenvalue weighted by Crippen LogP contribution is 2.31.